The number of aromatic amines is 1. The highest BCUT2D eigenvalue weighted by Gasteiger charge is 2.38. The number of benzene rings is 1. The molecule has 1 aliphatic heterocycles. The number of thiazole rings is 1. The number of hydrogen-bond acceptors (Lipinski definition) is 8. The number of alkyl halides is 3. The molecule has 0 bridgehead atoms. The number of thiophene rings is 1. The van der Waals surface area contributed by atoms with E-state index in [0.717, 1.165) is 41.3 Å². The SMILES string of the molecule is COC[C@@H]1CCCN1Cc1cnc(-c2cc3cccc(N(C(C)C)S(=O)(=O)c4cccs4)c3[nH]2)s1.O=C(O)C(F)(F)F. The van der Waals surface area contributed by atoms with Crippen LogP contribution in [0.4, 0.5) is 18.9 Å². The minimum Gasteiger partial charge on any atom is -0.475 e. The number of anilines is 1. The minimum atomic E-state index is -5.08. The first-order valence-corrected chi connectivity index (χ1v) is 16.1. The van der Waals surface area contributed by atoms with Crippen molar-refractivity contribution >= 4 is 55.3 Å². The third kappa shape index (κ3) is 7.14. The molecule has 1 atom stereocenters. The van der Waals surface area contributed by atoms with Gasteiger partial charge in [0.05, 0.1) is 23.5 Å². The van der Waals surface area contributed by atoms with Crippen LogP contribution in [-0.4, -0.2) is 72.9 Å². The summed E-state index contributed by atoms with van der Waals surface area (Å²) in [7, 11) is -1.91. The van der Waals surface area contributed by atoms with Crippen LogP contribution in [0.3, 0.4) is 0 Å². The maximum absolute atomic E-state index is 13.5. The monoisotopic (exact) mass is 644 g/mol. The number of aromatic nitrogens is 2. The molecular weight excluding hydrogens is 614 g/mol. The lowest BCUT2D eigenvalue weighted by atomic mass is 10.2. The van der Waals surface area contributed by atoms with Gasteiger partial charge < -0.3 is 14.8 Å². The van der Waals surface area contributed by atoms with Crippen molar-refractivity contribution in [3.8, 4) is 10.7 Å². The molecule has 4 heterocycles. The molecule has 3 aromatic heterocycles. The van der Waals surface area contributed by atoms with Crippen molar-refractivity contribution in [3.63, 3.8) is 0 Å². The molecule has 0 spiro atoms. The van der Waals surface area contributed by atoms with Crippen molar-refractivity contribution in [1.82, 2.24) is 14.9 Å². The van der Waals surface area contributed by atoms with Crippen LogP contribution in [0, 0.1) is 0 Å². The second-order valence-corrected chi connectivity index (χ2v) is 14.0. The molecule has 1 fully saturated rings. The lowest BCUT2D eigenvalue weighted by molar-refractivity contribution is -0.192. The average molecular weight is 645 g/mol. The average Bonchev–Trinajstić information content (AvgIpc) is 3.71. The largest absolute Gasteiger partial charge is 0.490 e. The smallest absolute Gasteiger partial charge is 0.475 e. The third-order valence-electron chi connectivity index (χ3n) is 6.59. The normalized spacial score (nSPS) is 16.1. The summed E-state index contributed by atoms with van der Waals surface area (Å²) in [5, 5.41) is 10.8. The molecule has 228 valence electrons. The molecule has 2 N–H and O–H groups in total. The van der Waals surface area contributed by atoms with E-state index in [1.807, 2.05) is 38.2 Å². The molecular formula is C27H31F3N4O5S3. The molecule has 5 rings (SSSR count). The van der Waals surface area contributed by atoms with E-state index in [1.54, 1.807) is 36.0 Å². The first-order chi connectivity index (χ1) is 19.8. The number of sulfonamides is 1. The van der Waals surface area contributed by atoms with Gasteiger partial charge in [-0.05, 0) is 56.8 Å². The predicted octanol–water partition coefficient (Wildman–Crippen LogP) is 6.20. The van der Waals surface area contributed by atoms with Crippen LogP contribution in [0.2, 0.25) is 0 Å². The van der Waals surface area contributed by atoms with E-state index in [4.69, 9.17) is 19.6 Å². The minimum absolute atomic E-state index is 0.244. The molecule has 15 heteroatoms. The summed E-state index contributed by atoms with van der Waals surface area (Å²) in [6, 6.07) is 11.5. The topological polar surface area (TPSA) is 116 Å². The lowest BCUT2D eigenvalue weighted by Crippen LogP contribution is -2.36. The van der Waals surface area contributed by atoms with Crippen LogP contribution in [0.1, 0.15) is 31.6 Å². The van der Waals surface area contributed by atoms with Gasteiger partial charge in [0.25, 0.3) is 10.0 Å². The number of halogens is 3. The summed E-state index contributed by atoms with van der Waals surface area (Å²) < 4.78 is 66.0. The molecule has 0 aliphatic carbocycles. The number of aliphatic carboxylic acids is 1. The Hall–Kier alpha value is -2.98. The Kier molecular flexibility index (Phi) is 9.98. The van der Waals surface area contributed by atoms with Gasteiger partial charge in [-0.25, -0.2) is 18.2 Å². The van der Waals surface area contributed by atoms with Gasteiger partial charge in [0.15, 0.2) is 0 Å². The summed E-state index contributed by atoms with van der Waals surface area (Å²) in [5.41, 5.74) is 2.34. The molecule has 0 unspecified atom stereocenters. The van der Waals surface area contributed by atoms with Crippen molar-refractivity contribution in [3.05, 3.63) is 52.9 Å². The number of rotatable bonds is 9. The highest BCUT2D eigenvalue weighted by Crippen LogP contribution is 2.37. The summed E-state index contributed by atoms with van der Waals surface area (Å²) in [5.74, 6) is -2.76. The van der Waals surface area contributed by atoms with E-state index in [2.05, 4.69) is 16.0 Å². The van der Waals surface area contributed by atoms with Crippen LogP contribution >= 0.6 is 22.7 Å². The van der Waals surface area contributed by atoms with Crippen molar-refractivity contribution in [2.45, 2.75) is 55.7 Å². The fourth-order valence-electron chi connectivity index (χ4n) is 4.82. The van der Waals surface area contributed by atoms with Gasteiger partial charge in [-0.3, -0.25) is 9.21 Å². The Morgan fingerprint density at radius 3 is 2.64 bits per heavy atom. The first kappa shape index (κ1) is 31.9. The van der Waals surface area contributed by atoms with Crippen molar-refractivity contribution in [2.75, 3.05) is 24.6 Å². The van der Waals surface area contributed by atoms with Crippen molar-refractivity contribution < 1.29 is 36.2 Å². The number of methoxy groups -OCH3 is 1. The van der Waals surface area contributed by atoms with Gasteiger partial charge in [-0.1, -0.05) is 18.2 Å². The number of carboxylic acids is 1. The fourth-order valence-corrected chi connectivity index (χ4v) is 8.48. The lowest BCUT2D eigenvalue weighted by Gasteiger charge is -2.28. The fraction of sp³-hybridized carbons (Fsp3) is 0.407. The maximum atomic E-state index is 13.5. The molecule has 1 aliphatic rings. The zero-order valence-corrected chi connectivity index (χ0v) is 25.5. The number of ether oxygens (including phenoxy) is 1. The van der Waals surface area contributed by atoms with E-state index in [-0.39, 0.29) is 6.04 Å². The highest BCUT2D eigenvalue weighted by molar-refractivity contribution is 7.94. The summed E-state index contributed by atoms with van der Waals surface area (Å²) in [4.78, 5) is 20.8. The number of carboxylic acid groups (broad SMARTS) is 1. The first-order valence-electron chi connectivity index (χ1n) is 13.0. The Morgan fingerprint density at radius 1 is 1.29 bits per heavy atom. The number of likely N-dealkylation sites (tertiary alicyclic amines) is 1. The van der Waals surface area contributed by atoms with Crippen molar-refractivity contribution in [2.24, 2.45) is 0 Å². The molecule has 0 saturated carbocycles. The van der Waals surface area contributed by atoms with Gasteiger partial charge in [0, 0.05) is 42.2 Å². The van der Waals surface area contributed by atoms with Crippen LogP contribution < -0.4 is 4.31 Å². The van der Waals surface area contributed by atoms with Gasteiger partial charge in [0.2, 0.25) is 0 Å². The van der Waals surface area contributed by atoms with E-state index in [0.29, 0.717) is 15.9 Å². The summed E-state index contributed by atoms with van der Waals surface area (Å²) >= 11 is 2.91. The van der Waals surface area contributed by atoms with Crippen molar-refractivity contribution in [1.29, 1.82) is 0 Å². The molecule has 42 heavy (non-hydrogen) atoms. The molecule has 9 nitrogen and oxygen atoms in total. The van der Waals surface area contributed by atoms with Crippen LogP contribution in [0.25, 0.3) is 21.6 Å². The Labute approximate surface area is 249 Å². The van der Waals surface area contributed by atoms with Crippen LogP contribution in [0.5, 0.6) is 0 Å². The predicted molar refractivity (Wildman–Crippen MR) is 158 cm³/mol. The van der Waals surface area contributed by atoms with Crippen LogP contribution in [-0.2, 0) is 26.1 Å². The number of nitrogens with one attached hydrogen (secondary N) is 1. The maximum Gasteiger partial charge on any atom is 0.490 e. The van der Waals surface area contributed by atoms with Gasteiger partial charge in [-0.15, -0.1) is 22.7 Å². The standard InChI is InChI=1S/C25H30N4O3S3.C2HF3O2/c1-17(2)29(35(30,31)23-10-6-12-33-23)22-9-4-7-18-13-21(27-24(18)22)25-26-14-20(34-25)15-28-11-5-8-19(28)16-32-3;3-2(4,5)1(6)7/h4,6-7,9-10,12-14,17,19,27H,5,8,11,15-16H2,1-3H3;(H,6,7)/t19-;/m0./s1. The van der Waals surface area contributed by atoms with Gasteiger partial charge >= 0.3 is 12.1 Å². The Morgan fingerprint density at radius 2 is 2.02 bits per heavy atom. The molecule has 0 amide bonds. The van der Waals surface area contributed by atoms with E-state index in [9.17, 15) is 21.6 Å². The second-order valence-electron chi connectivity index (χ2n) is 9.91. The number of hydrogen-bond donors (Lipinski definition) is 2. The molecule has 1 saturated heterocycles. The van der Waals surface area contributed by atoms with Gasteiger partial charge in [0.1, 0.15) is 9.22 Å². The molecule has 1 aromatic carbocycles. The zero-order chi connectivity index (χ0) is 30.7. The van der Waals surface area contributed by atoms with E-state index >= 15 is 0 Å². The number of fused-ring (bicyclic) bond motifs is 1. The van der Waals surface area contributed by atoms with E-state index in [1.165, 1.54) is 33.4 Å². The van der Waals surface area contributed by atoms with Gasteiger partial charge in [-0.2, -0.15) is 13.2 Å². The Balaban J connectivity index is 0.000000517. The zero-order valence-electron chi connectivity index (χ0n) is 23.1. The number of carbonyl (C=O) groups is 1. The molecule has 4 aromatic rings. The number of nitrogens with zero attached hydrogens (tertiary/aromatic N) is 3. The second kappa shape index (κ2) is 13.1. The molecule has 0 radical (unpaired) electrons. The quantitative estimate of drug-likeness (QED) is 0.223. The highest BCUT2D eigenvalue weighted by atomic mass is 32.2. The summed E-state index contributed by atoms with van der Waals surface area (Å²) in [6.45, 7) is 6.52. The third-order valence-corrected chi connectivity index (χ3v) is 11.0. The number of para-hydroxylation sites is 1. The summed E-state index contributed by atoms with van der Waals surface area (Å²) in [6.07, 6.45) is -0.757. The number of H-pyrrole nitrogens is 1. The van der Waals surface area contributed by atoms with Crippen LogP contribution in [0.15, 0.2) is 52.2 Å². The Bertz CT molecular complexity index is 1600. The van der Waals surface area contributed by atoms with E-state index < -0.39 is 22.2 Å².